The second kappa shape index (κ2) is 5.35. The van der Waals surface area contributed by atoms with Gasteiger partial charge in [-0.3, -0.25) is 0 Å². The van der Waals surface area contributed by atoms with Gasteiger partial charge in [0.2, 0.25) is 0 Å². The molecule has 1 aromatic rings. The highest BCUT2D eigenvalue weighted by molar-refractivity contribution is 5.33. The first-order valence-electron chi connectivity index (χ1n) is 6.17. The molecule has 0 aromatic heterocycles. The molecule has 0 aliphatic carbocycles. The lowest BCUT2D eigenvalue weighted by Crippen LogP contribution is -2.27. The molecule has 0 unspecified atom stereocenters. The molecule has 1 aliphatic heterocycles. The molecule has 0 bridgehead atoms. The zero-order chi connectivity index (χ0) is 11.4. The molecule has 0 amide bonds. The maximum absolute atomic E-state index is 5.36. The second-order valence-corrected chi connectivity index (χ2v) is 4.69. The van der Waals surface area contributed by atoms with Crippen molar-refractivity contribution in [2.45, 2.75) is 44.7 Å². The van der Waals surface area contributed by atoms with Crippen molar-refractivity contribution in [3.63, 3.8) is 0 Å². The highest BCUT2D eigenvalue weighted by Gasteiger charge is 2.19. The minimum absolute atomic E-state index is 0.694. The Hall–Kier alpha value is -1.02. The molecule has 0 saturated carbocycles. The van der Waals surface area contributed by atoms with Crippen molar-refractivity contribution in [3.05, 3.63) is 29.8 Å². The molecule has 2 rings (SSSR count). The summed E-state index contributed by atoms with van der Waals surface area (Å²) >= 11 is 0. The van der Waals surface area contributed by atoms with Gasteiger partial charge in [0.25, 0.3) is 0 Å². The average Bonchev–Trinajstić information content (AvgIpc) is 2.73. The van der Waals surface area contributed by atoms with Gasteiger partial charge >= 0.3 is 0 Å². The van der Waals surface area contributed by atoms with Crippen LogP contribution in [-0.2, 0) is 6.42 Å². The fourth-order valence-corrected chi connectivity index (χ4v) is 2.49. The second-order valence-electron chi connectivity index (χ2n) is 4.69. The molecule has 1 saturated heterocycles. The van der Waals surface area contributed by atoms with Crippen LogP contribution in [0.2, 0.25) is 0 Å². The molecule has 1 aliphatic rings. The van der Waals surface area contributed by atoms with Crippen molar-refractivity contribution in [1.82, 2.24) is 5.32 Å². The van der Waals surface area contributed by atoms with Crippen molar-refractivity contribution in [2.75, 3.05) is 7.11 Å². The topological polar surface area (TPSA) is 21.3 Å². The first-order chi connectivity index (χ1) is 7.79. The normalized spacial score (nSPS) is 24.6. The lowest BCUT2D eigenvalue weighted by Gasteiger charge is -2.13. The summed E-state index contributed by atoms with van der Waals surface area (Å²) in [5.41, 5.74) is 1.33. The van der Waals surface area contributed by atoms with E-state index in [1.54, 1.807) is 7.11 Å². The van der Waals surface area contributed by atoms with Gasteiger partial charge in [-0.1, -0.05) is 18.2 Å². The van der Waals surface area contributed by atoms with E-state index in [9.17, 15) is 0 Å². The van der Waals surface area contributed by atoms with E-state index in [4.69, 9.17) is 4.74 Å². The van der Waals surface area contributed by atoms with Crippen LogP contribution >= 0.6 is 0 Å². The van der Waals surface area contributed by atoms with Crippen LogP contribution < -0.4 is 10.1 Å². The molecule has 1 fully saturated rings. The molecule has 0 radical (unpaired) electrons. The van der Waals surface area contributed by atoms with Gasteiger partial charge in [0.1, 0.15) is 5.75 Å². The van der Waals surface area contributed by atoms with E-state index in [2.05, 4.69) is 24.4 Å². The van der Waals surface area contributed by atoms with Crippen molar-refractivity contribution in [3.8, 4) is 5.75 Å². The molecule has 0 spiro atoms. The quantitative estimate of drug-likeness (QED) is 0.840. The predicted octanol–water partition coefficient (Wildman–Crippen LogP) is 2.77. The minimum atomic E-state index is 0.694. The van der Waals surface area contributed by atoms with Crippen LogP contribution in [0.15, 0.2) is 24.3 Å². The van der Waals surface area contributed by atoms with Crippen molar-refractivity contribution in [1.29, 1.82) is 0 Å². The van der Waals surface area contributed by atoms with Crippen LogP contribution in [0.5, 0.6) is 5.75 Å². The predicted molar refractivity (Wildman–Crippen MR) is 66.9 cm³/mol. The number of hydrogen-bond acceptors (Lipinski definition) is 2. The van der Waals surface area contributed by atoms with E-state index in [1.807, 2.05) is 12.1 Å². The summed E-state index contributed by atoms with van der Waals surface area (Å²) in [6.45, 7) is 2.27. The average molecular weight is 219 g/mol. The Morgan fingerprint density at radius 1 is 1.31 bits per heavy atom. The van der Waals surface area contributed by atoms with Gasteiger partial charge in [-0.05, 0) is 44.2 Å². The van der Waals surface area contributed by atoms with Gasteiger partial charge in [-0.15, -0.1) is 0 Å². The molecular formula is C14H21NO. The number of para-hydroxylation sites is 1. The van der Waals surface area contributed by atoms with E-state index in [-0.39, 0.29) is 0 Å². The van der Waals surface area contributed by atoms with Gasteiger partial charge in [0, 0.05) is 12.1 Å². The Balaban J connectivity index is 1.89. The fourth-order valence-electron chi connectivity index (χ4n) is 2.49. The highest BCUT2D eigenvalue weighted by Crippen LogP contribution is 2.22. The molecule has 2 nitrogen and oxygen atoms in total. The SMILES string of the molecule is COc1ccccc1CC[C@H]1CC[C@@H](C)N1. The molecular weight excluding hydrogens is 198 g/mol. The van der Waals surface area contributed by atoms with Crippen LogP contribution in [-0.4, -0.2) is 19.2 Å². The summed E-state index contributed by atoms with van der Waals surface area (Å²) in [7, 11) is 1.74. The highest BCUT2D eigenvalue weighted by atomic mass is 16.5. The molecule has 16 heavy (non-hydrogen) atoms. The monoisotopic (exact) mass is 219 g/mol. The number of nitrogens with one attached hydrogen (secondary N) is 1. The van der Waals surface area contributed by atoms with Gasteiger partial charge in [-0.2, -0.15) is 0 Å². The van der Waals surface area contributed by atoms with Gasteiger partial charge in [0.15, 0.2) is 0 Å². The Bertz CT molecular complexity index is 337. The lowest BCUT2D eigenvalue weighted by atomic mass is 10.0. The van der Waals surface area contributed by atoms with E-state index in [0.717, 1.165) is 12.2 Å². The summed E-state index contributed by atoms with van der Waals surface area (Å²) in [6, 6.07) is 9.71. The van der Waals surface area contributed by atoms with Crippen LogP contribution in [0.1, 0.15) is 31.7 Å². The minimum Gasteiger partial charge on any atom is -0.496 e. The van der Waals surface area contributed by atoms with E-state index in [1.165, 1.54) is 24.8 Å². The first kappa shape index (κ1) is 11.5. The molecule has 1 aromatic carbocycles. The number of aryl methyl sites for hydroxylation is 1. The van der Waals surface area contributed by atoms with Crippen molar-refractivity contribution in [2.24, 2.45) is 0 Å². The Labute approximate surface area is 98.0 Å². The number of methoxy groups -OCH3 is 1. The van der Waals surface area contributed by atoms with E-state index >= 15 is 0 Å². The van der Waals surface area contributed by atoms with Crippen LogP contribution in [0.3, 0.4) is 0 Å². The largest absolute Gasteiger partial charge is 0.496 e. The van der Waals surface area contributed by atoms with E-state index < -0.39 is 0 Å². The van der Waals surface area contributed by atoms with Crippen LogP contribution in [0.4, 0.5) is 0 Å². The van der Waals surface area contributed by atoms with Gasteiger partial charge < -0.3 is 10.1 Å². The molecule has 2 heteroatoms. The standard InChI is InChI=1S/C14H21NO/c1-11-7-9-13(15-11)10-8-12-5-3-4-6-14(12)16-2/h3-6,11,13,15H,7-10H2,1-2H3/t11-,13-/m1/s1. The van der Waals surface area contributed by atoms with Crippen LogP contribution in [0, 0.1) is 0 Å². The number of ether oxygens (including phenoxy) is 1. The lowest BCUT2D eigenvalue weighted by molar-refractivity contribution is 0.407. The molecule has 1 heterocycles. The van der Waals surface area contributed by atoms with Gasteiger partial charge in [0.05, 0.1) is 7.11 Å². The zero-order valence-electron chi connectivity index (χ0n) is 10.2. The Morgan fingerprint density at radius 3 is 2.81 bits per heavy atom. The number of rotatable bonds is 4. The number of hydrogen-bond donors (Lipinski definition) is 1. The van der Waals surface area contributed by atoms with Crippen molar-refractivity contribution < 1.29 is 4.74 Å². The third kappa shape index (κ3) is 2.76. The maximum Gasteiger partial charge on any atom is 0.122 e. The smallest absolute Gasteiger partial charge is 0.122 e. The molecule has 1 N–H and O–H groups in total. The summed E-state index contributed by atoms with van der Waals surface area (Å²) in [6.07, 6.45) is 4.95. The summed E-state index contributed by atoms with van der Waals surface area (Å²) in [5, 5.41) is 3.62. The zero-order valence-corrected chi connectivity index (χ0v) is 10.2. The Kier molecular flexibility index (Phi) is 3.83. The third-order valence-electron chi connectivity index (χ3n) is 3.42. The fraction of sp³-hybridized carbons (Fsp3) is 0.571. The van der Waals surface area contributed by atoms with Crippen LogP contribution in [0.25, 0.3) is 0 Å². The molecule has 2 atom stereocenters. The van der Waals surface area contributed by atoms with Gasteiger partial charge in [-0.25, -0.2) is 0 Å². The van der Waals surface area contributed by atoms with Crippen molar-refractivity contribution >= 4 is 0 Å². The summed E-state index contributed by atoms with van der Waals surface area (Å²) in [4.78, 5) is 0. The summed E-state index contributed by atoms with van der Waals surface area (Å²) < 4.78 is 5.36. The maximum atomic E-state index is 5.36. The Morgan fingerprint density at radius 2 is 2.12 bits per heavy atom. The third-order valence-corrected chi connectivity index (χ3v) is 3.42. The molecule has 88 valence electrons. The first-order valence-corrected chi connectivity index (χ1v) is 6.17. The summed E-state index contributed by atoms with van der Waals surface area (Å²) in [5.74, 6) is 1.02. The number of benzene rings is 1. The van der Waals surface area contributed by atoms with E-state index in [0.29, 0.717) is 12.1 Å².